The summed E-state index contributed by atoms with van der Waals surface area (Å²) in [6.07, 6.45) is 5.23. The lowest BCUT2D eigenvalue weighted by Gasteiger charge is -2.09. The van der Waals surface area contributed by atoms with Crippen LogP contribution in [0.15, 0.2) is 23.1 Å². The van der Waals surface area contributed by atoms with Crippen molar-refractivity contribution in [2.75, 3.05) is 0 Å². The van der Waals surface area contributed by atoms with Crippen LogP contribution in [0, 0.1) is 2.88 Å². The number of aliphatic hydroxyl groups is 1. The van der Waals surface area contributed by atoms with Gasteiger partial charge in [0, 0.05) is 0 Å². The molecule has 13 heavy (non-hydrogen) atoms. The van der Waals surface area contributed by atoms with Crippen molar-refractivity contribution >= 4 is 33.9 Å². The molecule has 0 radical (unpaired) electrons. The molecule has 1 heterocycles. The van der Waals surface area contributed by atoms with E-state index in [0.29, 0.717) is 0 Å². The Morgan fingerprint density at radius 2 is 2.38 bits per heavy atom. The molecule has 0 spiro atoms. The van der Waals surface area contributed by atoms with Gasteiger partial charge in [-0.2, -0.15) is 0 Å². The first kappa shape index (κ1) is 9.68. The fourth-order valence-electron chi connectivity index (χ4n) is 1.62. The van der Waals surface area contributed by atoms with Crippen molar-refractivity contribution in [3.05, 3.63) is 31.5 Å². The minimum Gasteiger partial charge on any atom is -0.384 e. The average molecular weight is 306 g/mol. The van der Waals surface area contributed by atoms with Crippen molar-refractivity contribution in [2.45, 2.75) is 25.4 Å². The number of hydrogen-bond acceptors (Lipinski definition) is 2. The molecule has 0 aliphatic heterocycles. The first-order valence-corrected chi connectivity index (χ1v) is 6.34. The van der Waals surface area contributed by atoms with E-state index in [2.05, 4.69) is 34.7 Å². The number of allylic oxidation sites excluding steroid dienone is 1. The Morgan fingerprint density at radius 3 is 2.92 bits per heavy atom. The van der Waals surface area contributed by atoms with E-state index in [-0.39, 0.29) is 6.10 Å². The van der Waals surface area contributed by atoms with Gasteiger partial charge in [-0.3, -0.25) is 0 Å². The van der Waals surface area contributed by atoms with E-state index in [1.54, 1.807) is 11.3 Å². The second-order valence-electron chi connectivity index (χ2n) is 3.26. The average Bonchev–Trinajstić information content (AvgIpc) is 2.72. The van der Waals surface area contributed by atoms with Gasteiger partial charge in [-0.05, 0) is 64.4 Å². The summed E-state index contributed by atoms with van der Waals surface area (Å²) in [5.74, 6) is 0. The Labute approximate surface area is 95.6 Å². The quantitative estimate of drug-likeness (QED) is 0.655. The monoisotopic (exact) mass is 306 g/mol. The molecule has 0 aromatic carbocycles. The maximum Gasteiger partial charge on any atom is 0.101 e. The lowest BCUT2D eigenvalue weighted by molar-refractivity contribution is 0.213. The van der Waals surface area contributed by atoms with Gasteiger partial charge in [0.15, 0.2) is 0 Å². The molecular formula is C10H11IOS. The van der Waals surface area contributed by atoms with E-state index in [1.165, 1.54) is 14.9 Å². The van der Waals surface area contributed by atoms with E-state index in [9.17, 15) is 5.11 Å². The maximum atomic E-state index is 9.97. The third-order valence-electron chi connectivity index (χ3n) is 2.33. The van der Waals surface area contributed by atoms with Gasteiger partial charge < -0.3 is 5.11 Å². The lowest BCUT2D eigenvalue weighted by Crippen LogP contribution is -1.97. The van der Waals surface area contributed by atoms with Crippen molar-refractivity contribution in [2.24, 2.45) is 0 Å². The Morgan fingerprint density at radius 1 is 1.54 bits per heavy atom. The summed E-state index contributed by atoms with van der Waals surface area (Å²) in [6.45, 7) is 0. The molecular weight excluding hydrogens is 295 g/mol. The second kappa shape index (κ2) is 4.11. The van der Waals surface area contributed by atoms with E-state index < -0.39 is 0 Å². The van der Waals surface area contributed by atoms with Crippen molar-refractivity contribution in [3.63, 3.8) is 0 Å². The van der Waals surface area contributed by atoms with Gasteiger partial charge in [-0.15, -0.1) is 11.3 Å². The zero-order chi connectivity index (χ0) is 9.26. The zero-order valence-electron chi connectivity index (χ0n) is 7.16. The summed E-state index contributed by atoms with van der Waals surface area (Å²) in [4.78, 5) is 0. The van der Waals surface area contributed by atoms with Crippen LogP contribution in [-0.2, 0) is 0 Å². The molecule has 70 valence electrons. The standard InChI is InChI=1S/C10H11IOS/c11-9-5-8(6-13-9)10(12)7-3-1-2-4-7/h3,5-6,10,12H,1-2,4H2. The highest BCUT2D eigenvalue weighted by molar-refractivity contribution is 14.1. The number of rotatable bonds is 2. The first-order valence-electron chi connectivity index (χ1n) is 4.38. The van der Waals surface area contributed by atoms with Crippen LogP contribution in [0.25, 0.3) is 0 Å². The molecule has 1 aromatic heterocycles. The van der Waals surface area contributed by atoms with Crippen LogP contribution >= 0.6 is 33.9 Å². The first-order chi connectivity index (χ1) is 6.27. The van der Waals surface area contributed by atoms with Crippen molar-refractivity contribution < 1.29 is 5.11 Å². The Hall–Kier alpha value is 0.130. The molecule has 0 saturated carbocycles. The predicted molar refractivity (Wildman–Crippen MR) is 63.9 cm³/mol. The summed E-state index contributed by atoms with van der Waals surface area (Å²) < 4.78 is 1.24. The van der Waals surface area contributed by atoms with Gasteiger partial charge in [-0.25, -0.2) is 0 Å². The van der Waals surface area contributed by atoms with Crippen LogP contribution in [0.5, 0.6) is 0 Å². The Bertz CT molecular complexity index is 329. The normalized spacial score (nSPS) is 18.8. The fraction of sp³-hybridized carbons (Fsp3) is 0.400. The van der Waals surface area contributed by atoms with Crippen molar-refractivity contribution in [1.82, 2.24) is 0 Å². The Kier molecular flexibility index (Phi) is 3.06. The highest BCUT2D eigenvalue weighted by atomic mass is 127. The molecule has 3 heteroatoms. The van der Waals surface area contributed by atoms with Gasteiger partial charge >= 0.3 is 0 Å². The highest BCUT2D eigenvalue weighted by Gasteiger charge is 2.16. The van der Waals surface area contributed by atoms with Crippen LogP contribution in [0.2, 0.25) is 0 Å². The summed E-state index contributed by atoms with van der Waals surface area (Å²) >= 11 is 3.98. The fourth-order valence-corrected chi connectivity index (χ4v) is 3.02. The van der Waals surface area contributed by atoms with Crippen LogP contribution in [0.1, 0.15) is 30.9 Å². The largest absolute Gasteiger partial charge is 0.384 e. The van der Waals surface area contributed by atoms with Gasteiger partial charge in [-0.1, -0.05) is 6.08 Å². The van der Waals surface area contributed by atoms with Crippen molar-refractivity contribution in [3.8, 4) is 0 Å². The highest BCUT2D eigenvalue weighted by Crippen LogP contribution is 2.32. The van der Waals surface area contributed by atoms with Crippen LogP contribution < -0.4 is 0 Å². The smallest absolute Gasteiger partial charge is 0.101 e. The third-order valence-corrected chi connectivity index (χ3v) is 4.14. The molecule has 1 aliphatic rings. The molecule has 0 fully saturated rings. The minimum absolute atomic E-state index is 0.345. The van der Waals surface area contributed by atoms with Gasteiger partial charge in [0.2, 0.25) is 0 Å². The number of aliphatic hydroxyl groups excluding tert-OH is 1. The summed E-state index contributed by atoms with van der Waals surface area (Å²) in [5, 5.41) is 12.0. The van der Waals surface area contributed by atoms with E-state index >= 15 is 0 Å². The SMILES string of the molecule is OC(C1=CCCC1)c1csc(I)c1. The lowest BCUT2D eigenvalue weighted by atomic mass is 10.0. The molecule has 2 rings (SSSR count). The molecule has 1 aliphatic carbocycles. The summed E-state index contributed by atoms with van der Waals surface area (Å²) in [6, 6.07) is 2.06. The van der Waals surface area contributed by atoms with E-state index in [1.807, 2.05) is 5.38 Å². The van der Waals surface area contributed by atoms with Gasteiger partial charge in [0.05, 0.1) is 2.88 Å². The van der Waals surface area contributed by atoms with E-state index in [0.717, 1.165) is 18.4 Å². The van der Waals surface area contributed by atoms with Gasteiger partial charge in [0.1, 0.15) is 6.10 Å². The molecule has 1 aromatic rings. The summed E-state index contributed by atoms with van der Waals surface area (Å²) in [7, 11) is 0. The number of hydrogen-bond donors (Lipinski definition) is 1. The van der Waals surface area contributed by atoms with Gasteiger partial charge in [0.25, 0.3) is 0 Å². The molecule has 1 nitrogen and oxygen atoms in total. The van der Waals surface area contributed by atoms with E-state index in [4.69, 9.17) is 0 Å². The Balaban J connectivity index is 2.16. The van der Waals surface area contributed by atoms with Crippen molar-refractivity contribution in [1.29, 1.82) is 0 Å². The van der Waals surface area contributed by atoms with Crippen LogP contribution in [-0.4, -0.2) is 5.11 Å². The maximum absolute atomic E-state index is 9.97. The molecule has 0 saturated heterocycles. The van der Waals surface area contributed by atoms with Crippen LogP contribution in [0.3, 0.4) is 0 Å². The molecule has 0 amide bonds. The topological polar surface area (TPSA) is 20.2 Å². The van der Waals surface area contributed by atoms with Crippen LogP contribution in [0.4, 0.5) is 0 Å². The minimum atomic E-state index is -0.345. The number of halogens is 1. The predicted octanol–water partition coefficient (Wildman–Crippen LogP) is 3.50. The molecule has 0 bridgehead atoms. The zero-order valence-corrected chi connectivity index (χ0v) is 10.1. The second-order valence-corrected chi connectivity index (χ2v) is 6.06. The third kappa shape index (κ3) is 2.14. The molecule has 1 unspecified atom stereocenters. The molecule has 1 N–H and O–H groups in total. The molecule has 1 atom stereocenters. The number of thiophene rings is 1. The summed E-state index contributed by atoms with van der Waals surface area (Å²) in [5.41, 5.74) is 2.26.